The summed E-state index contributed by atoms with van der Waals surface area (Å²) in [5, 5.41) is 0. The van der Waals surface area contributed by atoms with Gasteiger partial charge in [0.15, 0.2) is 0 Å². The molecule has 5 nitrogen and oxygen atoms in total. The molecular formula is C16H15F2N3O2. The summed E-state index contributed by atoms with van der Waals surface area (Å²) in [6, 6.07) is 3.13. The lowest BCUT2D eigenvalue weighted by atomic mass is 10.1. The summed E-state index contributed by atoms with van der Waals surface area (Å²) < 4.78 is 32.3. The van der Waals surface area contributed by atoms with Gasteiger partial charge in [-0.15, -0.1) is 0 Å². The fraction of sp³-hybridized carbons (Fsp3) is 0.375. The van der Waals surface area contributed by atoms with E-state index in [9.17, 15) is 13.6 Å². The SMILES string of the molecule is NC1(C(=O)N2CCc3oc(-c4cc(F)cc(F)c4)nc3C2)CC1. The van der Waals surface area contributed by atoms with Crippen molar-refractivity contribution in [2.45, 2.75) is 31.3 Å². The summed E-state index contributed by atoms with van der Waals surface area (Å²) in [7, 11) is 0. The zero-order chi connectivity index (χ0) is 16.2. The van der Waals surface area contributed by atoms with Crippen LogP contribution < -0.4 is 5.73 Å². The highest BCUT2D eigenvalue weighted by molar-refractivity contribution is 5.89. The summed E-state index contributed by atoms with van der Waals surface area (Å²) in [5.74, 6) is -0.629. The van der Waals surface area contributed by atoms with E-state index in [1.807, 2.05) is 0 Å². The van der Waals surface area contributed by atoms with Gasteiger partial charge in [-0.3, -0.25) is 4.79 Å². The first-order valence-electron chi connectivity index (χ1n) is 7.48. The van der Waals surface area contributed by atoms with Gasteiger partial charge >= 0.3 is 0 Å². The topological polar surface area (TPSA) is 72.4 Å². The fourth-order valence-corrected chi connectivity index (χ4v) is 2.84. The molecule has 2 N–H and O–H groups in total. The first-order valence-corrected chi connectivity index (χ1v) is 7.48. The minimum atomic E-state index is -0.713. The Labute approximate surface area is 131 Å². The van der Waals surface area contributed by atoms with Crippen molar-refractivity contribution in [3.8, 4) is 11.5 Å². The molecule has 1 aromatic carbocycles. The zero-order valence-corrected chi connectivity index (χ0v) is 12.3. The third-order valence-corrected chi connectivity index (χ3v) is 4.34. The molecule has 0 saturated heterocycles. The van der Waals surface area contributed by atoms with E-state index in [1.54, 1.807) is 4.90 Å². The molecule has 2 heterocycles. The maximum atomic E-state index is 13.3. The Morgan fingerprint density at radius 3 is 2.61 bits per heavy atom. The van der Waals surface area contributed by atoms with Crippen molar-refractivity contribution in [3.05, 3.63) is 41.3 Å². The van der Waals surface area contributed by atoms with Crippen LogP contribution in [0.4, 0.5) is 8.78 Å². The van der Waals surface area contributed by atoms with Crippen LogP contribution in [0.3, 0.4) is 0 Å². The Bertz CT molecular complexity index is 778. The van der Waals surface area contributed by atoms with E-state index in [0.717, 1.165) is 6.07 Å². The van der Waals surface area contributed by atoms with E-state index in [1.165, 1.54) is 12.1 Å². The van der Waals surface area contributed by atoms with Crippen LogP contribution in [0.2, 0.25) is 0 Å². The number of oxazole rings is 1. The van der Waals surface area contributed by atoms with Gasteiger partial charge in [-0.1, -0.05) is 0 Å². The Balaban J connectivity index is 1.61. The Hall–Kier alpha value is -2.28. The van der Waals surface area contributed by atoms with Gasteiger partial charge in [-0.2, -0.15) is 0 Å². The first-order chi connectivity index (χ1) is 10.9. The number of rotatable bonds is 2. The van der Waals surface area contributed by atoms with Crippen molar-refractivity contribution in [3.63, 3.8) is 0 Å². The summed E-state index contributed by atoms with van der Waals surface area (Å²) >= 11 is 0. The summed E-state index contributed by atoms with van der Waals surface area (Å²) in [6.45, 7) is 0.825. The highest BCUT2D eigenvalue weighted by Crippen LogP contribution is 2.36. The second kappa shape index (κ2) is 4.86. The number of aromatic nitrogens is 1. The molecule has 0 unspecified atom stereocenters. The number of benzene rings is 1. The molecular weight excluding hydrogens is 304 g/mol. The summed E-state index contributed by atoms with van der Waals surface area (Å²) in [5.41, 5.74) is 6.10. The van der Waals surface area contributed by atoms with Gasteiger partial charge in [0.1, 0.15) is 23.1 Å². The Morgan fingerprint density at radius 2 is 1.96 bits per heavy atom. The molecule has 7 heteroatoms. The summed E-state index contributed by atoms with van der Waals surface area (Å²) in [4.78, 5) is 18.3. The van der Waals surface area contributed by atoms with E-state index in [0.29, 0.717) is 43.8 Å². The first kappa shape index (κ1) is 14.3. The van der Waals surface area contributed by atoms with Crippen LogP contribution >= 0.6 is 0 Å². The largest absolute Gasteiger partial charge is 0.441 e. The Kier molecular flexibility index (Phi) is 3.02. The molecule has 1 aromatic heterocycles. The maximum Gasteiger partial charge on any atom is 0.243 e. The lowest BCUT2D eigenvalue weighted by molar-refractivity contribution is -0.134. The number of hydrogen-bond acceptors (Lipinski definition) is 4. The third-order valence-electron chi connectivity index (χ3n) is 4.34. The second-order valence-corrected chi connectivity index (χ2v) is 6.18. The smallest absolute Gasteiger partial charge is 0.243 e. The highest BCUT2D eigenvalue weighted by atomic mass is 19.1. The van der Waals surface area contributed by atoms with Crippen molar-refractivity contribution in [2.75, 3.05) is 6.54 Å². The van der Waals surface area contributed by atoms with Crippen LogP contribution in [0.25, 0.3) is 11.5 Å². The maximum absolute atomic E-state index is 13.3. The van der Waals surface area contributed by atoms with E-state index < -0.39 is 17.2 Å². The van der Waals surface area contributed by atoms with Gasteiger partial charge in [0.25, 0.3) is 0 Å². The highest BCUT2D eigenvalue weighted by Gasteiger charge is 2.48. The molecule has 0 radical (unpaired) electrons. The molecule has 4 rings (SSSR count). The number of amides is 1. The van der Waals surface area contributed by atoms with E-state index in [-0.39, 0.29) is 17.4 Å². The molecule has 1 aliphatic carbocycles. The quantitative estimate of drug-likeness (QED) is 0.919. The number of carbonyl (C=O) groups excluding carboxylic acids is 1. The average Bonchev–Trinajstić information content (AvgIpc) is 3.11. The number of halogens is 2. The molecule has 1 fully saturated rings. The second-order valence-electron chi connectivity index (χ2n) is 6.18. The minimum Gasteiger partial charge on any atom is -0.441 e. The average molecular weight is 319 g/mol. The minimum absolute atomic E-state index is 0.0653. The number of carbonyl (C=O) groups is 1. The van der Waals surface area contributed by atoms with Gasteiger partial charge in [0, 0.05) is 24.6 Å². The van der Waals surface area contributed by atoms with Crippen molar-refractivity contribution < 1.29 is 18.0 Å². The van der Waals surface area contributed by atoms with E-state index >= 15 is 0 Å². The predicted octanol–water partition coefficient (Wildman–Crippen LogP) is 2.00. The van der Waals surface area contributed by atoms with Crippen molar-refractivity contribution >= 4 is 5.91 Å². The van der Waals surface area contributed by atoms with Crippen LogP contribution in [0, 0.1) is 11.6 Å². The predicted molar refractivity (Wildman–Crippen MR) is 77.1 cm³/mol. The van der Waals surface area contributed by atoms with Crippen LogP contribution in [0.1, 0.15) is 24.3 Å². The molecule has 2 aromatic rings. The number of nitrogens with two attached hydrogens (primary N) is 1. The van der Waals surface area contributed by atoms with Gasteiger partial charge < -0.3 is 15.1 Å². The van der Waals surface area contributed by atoms with E-state index in [4.69, 9.17) is 10.2 Å². The monoisotopic (exact) mass is 319 g/mol. The molecule has 2 aliphatic rings. The van der Waals surface area contributed by atoms with Crippen molar-refractivity contribution in [1.82, 2.24) is 9.88 Å². The summed E-state index contributed by atoms with van der Waals surface area (Å²) in [6.07, 6.45) is 1.94. The lowest BCUT2D eigenvalue weighted by Crippen LogP contribution is -2.47. The van der Waals surface area contributed by atoms with Gasteiger partial charge in [-0.05, 0) is 25.0 Å². The molecule has 23 heavy (non-hydrogen) atoms. The molecule has 1 amide bonds. The third kappa shape index (κ3) is 2.50. The molecule has 0 bridgehead atoms. The number of hydrogen-bond donors (Lipinski definition) is 1. The van der Waals surface area contributed by atoms with Crippen LogP contribution in [-0.2, 0) is 17.8 Å². The molecule has 1 aliphatic heterocycles. The standard InChI is InChI=1S/C16H15F2N3O2/c17-10-5-9(6-11(18)7-10)14-20-12-8-21(4-1-13(12)23-14)15(22)16(19)2-3-16/h5-7H,1-4,8,19H2. The lowest BCUT2D eigenvalue weighted by Gasteiger charge is -2.27. The molecule has 1 saturated carbocycles. The van der Waals surface area contributed by atoms with Crippen LogP contribution in [0.15, 0.2) is 22.6 Å². The molecule has 0 atom stereocenters. The van der Waals surface area contributed by atoms with Gasteiger partial charge in [0.2, 0.25) is 11.8 Å². The number of fused-ring (bicyclic) bond motifs is 1. The fourth-order valence-electron chi connectivity index (χ4n) is 2.84. The normalized spacial score (nSPS) is 18.7. The van der Waals surface area contributed by atoms with E-state index in [2.05, 4.69) is 4.98 Å². The number of nitrogens with zero attached hydrogens (tertiary/aromatic N) is 2. The van der Waals surface area contributed by atoms with Crippen LogP contribution in [0.5, 0.6) is 0 Å². The van der Waals surface area contributed by atoms with Crippen molar-refractivity contribution in [1.29, 1.82) is 0 Å². The zero-order valence-electron chi connectivity index (χ0n) is 12.3. The van der Waals surface area contributed by atoms with Gasteiger partial charge in [0.05, 0.1) is 12.1 Å². The molecule has 0 spiro atoms. The Morgan fingerprint density at radius 1 is 1.26 bits per heavy atom. The van der Waals surface area contributed by atoms with Crippen LogP contribution in [-0.4, -0.2) is 27.9 Å². The van der Waals surface area contributed by atoms with Crippen molar-refractivity contribution in [2.24, 2.45) is 5.73 Å². The van der Waals surface area contributed by atoms with Gasteiger partial charge in [-0.25, -0.2) is 13.8 Å². The molecule has 120 valence electrons.